The highest BCUT2D eigenvalue weighted by Gasteiger charge is 2.31. The molecule has 0 spiro atoms. The Kier molecular flexibility index (Phi) is 11.8. The van der Waals surface area contributed by atoms with Crippen LogP contribution < -0.4 is 10.6 Å². The zero-order chi connectivity index (χ0) is 26.5. The number of nitrogens with one attached hydrogen (secondary N) is 2. The summed E-state index contributed by atoms with van der Waals surface area (Å²) in [6.07, 6.45) is 7.93. The molecule has 4 N–H and O–H groups in total. The van der Waals surface area contributed by atoms with Crippen LogP contribution in [0, 0.1) is 11.8 Å². The van der Waals surface area contributed by atoms with Gasteiger partial charge in [0.25, 0.3) is 0 Å². The van der Waals surface area contributed by atoms with Crippen LogP contribution in [0.25, 0.3) is 0 Å². The smallest absolute Gasteiger partial charge is 0.326 e. The topological polar surface area (TPSA) is 116 Å². The third kappa shape index (κ3) is 11.2. The van der Waals surface area contributed by atoms with Crippen LogP contribution >= 0.6 is 7.60 Å². The number of rotatable bonds is 14. The third-order valence-corrected chi connectivity index (χ3v) is 8.09. The van der Waals surface area contributed by atoms with Crippen molar-refractivity contribution in [1.82, 2.24) is 10.6 Å². The molecule has 0 aromatic heterocycles. The highest BCUT2D eigenvalue weighted by atomic mass is 31.2. The molecular formula is C29H41N2O5P. The van der Waals surface area contributed by atoms with Crippen LogP contribution in [0.15, 0.2) is 60.7 Å². The number of carbonyl (C=O) groups excluding carboxylic acids is 2. The average molecular weight is 529 g/mol. The van der Waals surface area contributed by atoms with E-state index in [0.717, 1.165) is 43.2 Å². The fourth-order valence-electron chi connectivity index (χ4n) is 5.16. The van der Waals surface area contributed by atoms with Crippen molar-refractivity contribution in [2.24, 2.45) is 11.8 Å². The van der Waals surface area contributed by atoms with Crippen molar-refractivity contribution in [3.05, 3.63) is 71.8 Å². The van der Waals surface area contributed by atoms with E-state index < -0.39 is 31.6 Å². The maximum Gasteiger partial charge on any atom is 0.326 e. The fraction of sp³-hybridized carbons (Fsp3) is 0.517. The molecule has 2 atom stereocenters. The van der Waals surface area contributed by atoms with Crippen molar-refractivity contribution >= 4 is 19.4 Å². The Balaban J connectivity index is 1.62. The van der Waals surface area contributed by atoms with E-state index in [1.807, 2.05) is 60.7 Å². The second kappa shape index (κ2) is 15.1. The summed E-state index contributed by atoms with van der Waals surface area (Å²) in [5.41, 5.74) is 2.24. The normalized spacial score (nSPS) is 16.1. The first-order chi connectivity index (χ1) is 17.8. The van der Waals surface area contributed by atoms with Gasteiger partial charge in [-0.05, 0) is 49.1 Å². The lowest BCUT2D eigenvalue weighted by Crippen LogP contribution is -2.50. The van der Waals surface area contributed by atoms with Gasteiger partial charge in [0.15, 0.2) is 0 Å². The average Bonchev–Trinajstić information content (AvgIpc) is 2.89. The van der Waals surface area contributed by atoms with Crippen molar-refractivity contribution in [3.63, 3.8) is 0 Å². The van der Waals surface area contributed by atoms with E-state index >= 15 is 0 Å². The molecule has 0 radical (unpaired) electrons. The Morgan fingerprint density at radius 3 is 2.05 bits per heavy atom. The largest absolute Gasteiger partial charge is 0.354 e. The molecule has 8 heteroatoms. The molecule has 1 unspecified atom stereocenters. The van der Waals surface area contributed by atoms with Gasteiger partial charge in [-0.15, -0.1) is 0 Å². The van der Waals surface area contributed by atoms with E-state index in [9.17, 15) is 23.9 Å². The molecule has 3 rings (SSSR count). The maximum atomic E-state index is 13.3. The predicted octanol–water partition coefficient (Wildman–Crippen LogP) is 4.62. The van der Waals surface area contributed by atoms with E-state index in [-0.39, 0.29) is 5.91 Å². The van der Waals surface area contributed by atoms with E-state index in [0.29, 0.717) is 38.1 Å². The van der Waals surface area contributed by atoms with Crippen LogP contribution in [-0.4, -0.2) is 40.3 Å². The zero-order valence-corrected chi connectivity index (χ0v) is 22.5. The Bertz CT molecular complexity index is 1010. The van der Waals surface area contributed by atoms with Gasteiger partial charge in [0.2, 0.25) is 11.8 Å². The van der Waals surface area contributed by atoms with Crippen molar-refractivity contribution in [3.8, 4) is 0 Å². The van der Waals surface area contributed by atoms with Gasteiger partial charge in [0.1, 0.15) is 6.04 Å². The number of carbonyl (C=O) groups is 2. The number of hydrogen-bond donors (Lipinski definition) is 4. The highest BCUT2D eigenvalue weighted by Crippen LogP contribution is 2.38. The quantitative estimate of drug-likeness (QED) is 0.267. The number of hydrogen-bond acceptors (Lipinski definition) is 3. The number of amides is 2. The minimum Gasteiger partial charge on any atom is -0.354 e. The summed E-state index contributed by atoms with van der Waals surface area (Å²) in [7, 11) is -4.40. The SMILES string of the molecule is O=C(N[C@@H](CC1CCCCC1)C(=O)NCCc1ccccc1)C(CCCc1ccccc1)CP(=O)(O)O. The molecule has 2 aromatic carbocycles. The molecule has 1 fully saturated rings. The lowest BCUT2D eigenvalue weighted by molar-refractivity contribution is -0.131. The van der Waals surface area contributed by atoms with Gasteiger partial charge in [-0.2, -0.15) is 0 Å². The number of aryl methyl sites for hydroxylation is 1. The van der Waals surface area contributed by atoms with Crippen LogP contribution in [0.1, 0.15) is 62.5 Å². The molecular weight excluding hydrogens is 487 g/mol. The summed E-state index contributed by atoms with van der Waals surface area (Å²) in [6, 6.07) is 19.0. The van der Waals surface area contributed by atoms with Crippen molar-refractivity contribution < 1.29 is 23.9 Å². The molecule has 7 nitrogen and oxygen atoms in total. The minimum absolute atomic E-state index is 0.228. The molecule has 0 saturated heterocycles. The molecule has 202 valence electrons. The molecule has 37 heavy (non-hydrogen) atoms. The van der Waals surface area contributed by atoms with Gasteiger partial charge in [0, 0.05) is 12.5 Å². The Morgan fingerprint density at radius 2 is 1.46 bits per heavy atom. The lowest BCUT2D eigenvalue weighted by Gasteiger charge is -2.28. The second-order valence-corrected chi connectivity index (χ2v) is 11.9. The van der Waals surface area contributed by atoms with Gasteiger partial charge >= 0.3 is 7.60 Å². The minimum atomic E-state index is -4.40. The van der Waals surface area contributed by atoms with Gasteiger partial charge in [0.05, 0.1) is 6.16 Å². The summed E-state index contributed by atoms with van der Waals surface area (Å²) >= 11 is 0. The van der Waals surface area contributed by atoms with E-state index in [2.05, 4.69) is 10.6 Å². The van der Waals surface area contributed by atoms with Crippen LogP contribution in [-0.2, 0) is 27.0 Å². The third-order valence-electron chi connectivity index (χ3n) is 7.17. The summed E-state index contributed by atoms with van der Waals surface area (Å²) < 4.78 is 11.8. The first-order valence-corrected chi connectivity index (χ1v) is 15.3. The maximum absolute atomic E-state index is 13.3. The van der Waals surface area contributed by atoms with Gasteiger partial charge in [-0.25, -0.2) is 0 Å². The van der Waals surface area contributed by atoms with Crippen LogP contribution in [0.5, 0.6) is 0 Å². The fourth-order valence-corrected chi connectivity index (χ4v) is 6.09. The molecule has 1 saturated carbocycles. The van der Waals surface area contributed by atoms with Gasteiger partial charge < -0.3 is 20.4 Å². The summed E-state index contributed by atoms with van der Waals surface area (Å²) in [6.45, 7) is 0.461. The predicted molar refractivity (Wildman–Crippen MR) is 146 cm³/mol. The van der Waals surface area contributed by atoms with E-state index in [1.54, 1.807) is 0 Å². The van der Waals surface area contributed by atoms with Crippen LogP contribution in [0.4, 0.5) is 0 Å². The lowest BCUT2D eigenvalue weighted by atomic mass is 9.84. The van der Waals surface area contributed by atoms with Gasteiger partial charge in [-0.1, -0.05) is 92.8 Å². The number of benzene rings is 2. The monoisotopic (exact) mass is 528 g/mol. The zero-order valence-electron chi connectivity index (χ0n) is 21.6. The van der Waals surface area contributed by atoms with Crippen LogP contribution in [0.3, 0.4) is 0 Å². The van der Waals surface area contributed by atoms with E-state index in [4.69, 9.17) is 0 Å². The molecule has 2 amide bonds. The molecule has 0 bridgehead atoms. The van der Waals surface area contributed by atoms with Gasteiger partial charge in [-0.3, -0.25) is 14.2 Å². The van der Waals surface area contributed by atoms with Crippen molar-refractivity contribution in [2.45, 2.75) is 70.3 Å². The summed E-state index contributed by atoms with van der Waals surface area (Å²) in [5, 5.41) is 5.86. The first-order valence-electron chi connectivity index (χ1n) is 13.5. The molecule has 1 aliphatic carbocycles. The Labute approximate surface area is 220 Å². The standard InChI is InChI=1S/C29H41N2O5P/c32-28(26(22-37(34,35)36)18-10-17-23-11-4-1-5-12-23)31-27(21-25-15-8-3-9-16-25)29(33)30-20-19-24-13-6-2-7-14-24/h1-2,4-7,11-14,25-27H,3,8-10,15-22H2,(H,30,33)(H,31,32)(H2,34,35,36)/t26?,27-/m0/s1. The second-order valence-electron chi connectivity index (χ2n) is 10.2. The molecule has 0 heterocycles. The highest BCUT2D eigenvalue weighted by molar-refractivity contribution is 7.51. The first kappa shape index (κ1) is 29.1. The Morgan fingerprint density at radius 1 is 0.865 bits per heavy atom. The molecule has 2 aromatic rings. The molecule has 0 aliphatic heterocycles. The van der Waals surface area contributed by atoms with E-state index in [1.165, 1.54) is 6.42 Å². The van der Waals surface area contributed by atoms with Crippen LogP contribution in [0.2, 0.25) is 0 Å². The summed E-state index contributed by atoms with van der Waals surface area (Å²) in [4.78, 5) is 45.7. The van der Waals surface area contributed by atoms with Crippen molar-refractivity contribution in [2.75, 3.05) is 12.7 Å². The van der Waals surface area contributed by atoms with Crippen molar-refractivity contribution in [1.29, 1.82) is 0 Å². The summed E-state index contributed by atoms with van der Waals surface area (Å²) in [5.74, 6) is -1.17. The molecule has 1 aliphatic rings. The Hall–Kier alpha value is -2.47.